The molecule has 0 unspecified atom stereocenters. The number of nitrogens with one attached hydrogen (secondary N) is 1. The van der Waals surface area contributed by atoms with Crippen LogP contribution in [0.4, 0.5) is 11.4 Å². The highest BCUT2D eigenvalue weighted by atomic mass is 35.5. The van der Waals surface area contributed by atoms with Crippen LogP contribution in [0, 0.1) is 0 Å². The summed E-state index contributed by atoms with van der Waals surface area (Å²) in [5.41, 5.74) is 6.87. The number of amides is 1. The van der Waals surface area contributed by atoms with E-state index in [1.807, 2.05) is 0 Å². The van der Waals surface area contributed by atoms with Gasteiger partial charge in [-0.1, -0.05) is 31.4 Å². The van der Waals surface area contributed by atoms with Gasteiger partial charge in [0.2, 0.25) is 5.91 Å². The number of thioether (sulfide) groups is 1. The summed E-state index contributed by atoms with van der Waals surface area (Å²) in [4.78, 5) is 11.7. The van der Waals surface area contributed by atoms with Gasteiger partial charge in [-0.3, -0.25) is 4.79 Å². The number of hydrogen-bond acceptors (Lipinski definition) is 3. The first kappa shape index (κ1) is 15.2. The Morgan fingerprint density at radius 1 is 1.44 bits per heavy atom. The van der Waals surface area contributed by atoms with Crippen molar-refractivity contribution < 1.29 is 4.79 Å². The Bertz CT molecular complexity index is 399. The quantitative estimate of drug-likeness (QED) is 0.592. The van der Waals surface area contributed by atoms with E-state index in [0.29, 0.717) is 22.2 Å². The summed E-state index contributed by atoms with van der Waals surface area (Å²) in [5, 5.41) is 3.35. The van der Waals surface area contributed by atoms with Crippen molar-refractivity contribution in [1.29, 1.82) is 0 Å². The standard InChI is InChI=1S/C13H19ClN2OS/c1-2-3-4-7-18-9-13(17)16-12-6-5-10(14)8-11(12)15/h5-6,8H,2-4,7,9,15H2,1H3,(H,16,17). The molecule has 0 aromatic heterocycles. The van der Waals surface area contributed by atoms with Gasteiger partial charge in [-0.2, -0.15) is 11.8 Å². The van der Waals surface area contributed by atoms with Crippen molar-refractivity contribution in [1.82, 2.24) is 0 Å². The van der Waals surface area contributed by atoms with E-state index in [0.717, 1.165) is 12.2 Å². The van der Waals surface area contributed by atoms with E-state index in [1.54, 1.807) is 30.0 Å². The first-order valence-corrected chi connectivity index (χ1v) is 7.59. The Hall–Kier alpha value is -0.870. The van der Waals surface area contributed by atoms with E-state index in [4.69, 9.17) is 17.3 Å². The number of nitrogen functional groups attached to an aromatic ring is 1. The number of hydrogen-bond donors (Lipinski definition) is 2. The number of halogens is 1. The minimum absolute atomic E-state index is 0.0227. The van der Waals surface area contributed by atoms with Crippen molar-refractivity contribution >= 4 is 40.6 Å². The highest BCUT2D eigenvalue weighted by Crippen LogP contribution is 2.22. The molecule has 0 saturated carbocycles. The number of carbonyl (C=O) groups is 1. The van der Waals surface area contributed by atoms with Crippen molar-refractivity contribution in [3.05, 3.63) is 23.2 Å². The summed E-state index contributed by atoms with van der Waals surface area (Å²) in [6, 6.07) is 5.06. The van der Waals surface area contributed by atoms with Gasteiger partial charge < -0.3 is 11.1 Å². The Morgan fingerprint density at radius 2 is 2.22 bits per heavy atom. The molecule has 3 N–H and O–H groups in total. The van der Waals surface area contributed by atoms with Crippen LogP contribution in [0.1, 0.15) is 26.2 Å². The van der Waals surface area contributed by atoms with Gasteiger partial charge in [-0.05, 0) is 30.4 Å². The van der Waals surface area contributed by atoms with Crippen LogP contribution in [-0.2, 0) is 4.79 Å². The van der Waals surface area contributed by atoms with Crippen LogP contribution in [0.2, 0.25) is 5.02 Å². The lowest BCUT2D eigenvalue weighted by atomic mass is 10.2. The lowest BCUT2D eigenvalue weighted by Gasteiger charge is -2.08. The van der Waals surface area contributed by atoms with Crippen molar-refractivity contribution in [3.8, 4) is 0 Å². The van der Waals surface area contributed by atoms with Gasteiger partial charge in [0.05, 0.1) is 17.1 Å². The van der Waals surface area contributed by atoms with Crippen molar-refractivity contribution in [3.63, 3.8) is 0 Å². The lowest BCUT2D eigenvalue weighted by molar-refractivity contribution is -0.113. The van der Waals surface area contributed by atoms with Crippen LogP contribution in [0.3, 0.4) is 0 Å². The number of benzene rings is 1. The molecule has 0 atom stereocenters. The minimum atomic E-state index is -0.0227. The lowest BCUT2D eigenvalue weighted by Crippen LogP contribution is -2.15. The maximum Gasteiger partial charge on any atom is 0.234 e. The van der Waals surface area contributed by atoms with Gasteiger partial charge in [0.25, 0.3) is 0 Å². The first-order valence-electron chi connectivity index (χ1n) is 6.06. The molecular weight excluding hydrogens is 268 g/mol. The summed E-state index contributed by atoms with van der Waals surface area (Å²) in [7, 11) is 0. The first-order chi connectivity index (χ1) is 8.63. The fraction of sp³-hybridized carbons (Fsp3) is 0.462. The van der Waals surface area contributed by atoms with Gasteiger partial charge in [0.15, 0.2) is 0 Å². The zero-order valence-electron chi connectivity index (χ0n) is 10.5. The van der Waals surface area contributed by atoms with Crippen molar-refractivity contribution in [2.75, 3.05) is 22.6 Å². The second-order valence-electron chi connectivity index (χ2n) is 4.04. The molecule has 1 aromatic carbocycles. The third-order valence-electron chi connectivity index (χ3n) is 2.41. The van der Waals surface area contributed by atoms with Gasteiger partial charge in [0, 0.05) is 5.02 Å². The van der Waals surface area contributed by atoms with Gasteiger partial charge >= 0.3 is 0 Å². The Labute approximate surface area is 117 Å². The van der Waals surface area contributed by atoms with E-state index in [1.165, 1.54) is 12.8 Å². The maximum absolute atomic E-state index is 11.7. The number of anilines is 2. The largest absolute Gasteiger partial charge is 0.397 e. The molecule has 0 bridgehead atoms. The molecule has 0 aliphatic carbocycles. The fourth-order valence-electron chi connectivity index (χ4n) is 1.45. The molecule has 1 amide bonds. The fourth-order valence-corrected chi connectivity index (χ4v) is 2.44. The van der Waals surface area contributed by atoms with Crippen LogP contribution in [0.5, 0.6) is 0 Å². The van der Waals surface area contributed by atoms with Crippen molar-refractivity contribution in [2.45, 2.75) is 26.2 Å². The molecule has 100 valence electrons. The maximum atomic E-state index is 11.7. The molecule has 3 nitrogen and oxygen atoms in total. The second kappa shape index (κ2) is 8.27. The third-order valence-corrected chi connectivity index (χ3v) is 3.69. The minimum Gasteiger partial charge on any atom is -0.397 e. The van der Waals surface area contributed by atoms with E-state index >= 15 is 0 Å². The van der Waals surface area contributed by atoms with E-state index in [2.05, 4.69) is 12.2 Å². The predicted octanol–water partition coefficient (Wildman–Crippen LogP) is 3.78. The summed E-state index contributed by atoms with van der Waals surface area (Å²) >= 11 is 7.44. The van der Waals surface area contributed by atoms with Gasteiger partial charge in [-0.25, -0.2) is 0 Å². The monoisotopic (exact) mass is 286 g/mol. The highest BCUT2D eigenvalue weighted by Gasteiger charge is 2.05. The molecule has 1 aromatic rings. The second-order valence-corrected chi connectivity index (χ2v) is 5.58. The molecule has 1 rings (SSSR count). The molecular formula is C13H19ClN2OS. The Balaban J connectivity index is 2.31. The van der Waals surface area contributed by atoms with E-state index in [-0.39, 0.29) is 5.91 Å². The van der Waals surface area contributed by atoms with Crippen LogP contribution in [-0.4, -0.2) is 17.4 Å². The summed E-state index contributed by atoms with van der Waals surface area (Å²) in [5.74, 6) is 1.47. The Kier molecular flexibility index (Phi) is 6.98. The van der Waals surface area contributed by atoms with Crippen LogP contribution >= 0.6 is 23.4 Å². The molecule has 18 heavy (non-hydrogen) atoms. The average molecular weight is 287 g/mol. The number of carbonyl (C=O) groups excluding carboxylic acids is 1. The molecule has 0 spiro atoms. The SMILES string of the molecule is CCCCCSCC(=O)Nc1ccc(Cl)cc1N. The molecule has 0 aliphatic rings. The number of nitrogens with two attached hydrogens (primary N) is 1. The van der Waals surface area contributed by atoms with Gasteiger partial charge in [-0.15, -0.1) is 0 Å². The van der Waals surface area contributed by atoms with Crippen LogP contribution in [0.25, 0.3) is 0 Å². The molecule has 0 aliphatic heterocycles. The summed E-state index contributed by atoms with van der Waals surface area (Å²) < 4.78 is 0. The zero-order valence-corrected chi connectivity index (χ0v) is 12.1. The van der Waals surface area contributed by atoms with Crippen molar-refractivity contribution in [2.24, 2.45) is 0 Å². The van der Waals surface area contributed by atoms with E-state index in [9.17, 15) is 4.79 Å². The number of unbranched alkanes of at least 4 members (excludes halogenated alkanes) is 2. The smallest absolute Gasteiger partial charge is 0.234 e. The van der Waals surface area contributed by atoms with E-state index < -0.39 is 0 Å². The topological polar surface area (TPSA) is 55.1 Å². The third kappa shape index (κ3) is 5.65. The summed E-state index contributed by atoms with van der Waals surface area (Å²) in [6.07, 6.45) is 3.59. The molecule has 0 radical (unpaired) electrons. The predicted molar refractivity (Wildman–Crippen MR) is 81.3 cm³/mol. The average Bonchev–Trinajstić information content (AvgIpc) is 2.32. The Morgan fingerprint density at radius 3 is 2.89 bits per heavy atom. The number of rotatable bonds is 7. The zero-order chi connectivity index (χ0) is 13.4. The van der Waals surface area contributed by atoms with Gasteiger partial charge in [0.1, 0.15) is 0 Å². The molecule has 0 saturated heterocycles. The van der Waals surface area contributed by atoms with Crippen LogP contribution < -0.4 is 11.1 Å². The normalized spacial score (nSPS) is 10.3. The molecule has 5 heteroatoms. The van der Waals surface area contributed by atoms with Crippen LogP contribution in [0.15, 0.2) is 18.2 Å². The summed E-state index contributed by atoms with van der Waals surface area (Å²) in [6.45, 7) is 2.17. The molecule has 0 heterocycles. The molecule has 0 fully saturated rings. The highest BCUT2D eigenvalue weighted by molar-refractivity contribution is 7.99.